The number of ether oxygens (including phenoxy) is 2. The molecule has 0 saturated carbocycles. The molecule has 0 unspecified atom stereocenters. The number of nitrogens with zero attached hydrogens (tertiary/aromatic N) is 3. The number of aromatic nitrogens is 4. The molecule has 0 amide bonds. The maximum absolute atomic E-state index is 15.5. The molecule has 44 heavy (non-hydrogen) atoms. The van der Waals surface area contributed by atoms with Crippen LogP contribution in [0.1, 0.15) is 33.6 Å². The topological polar surface area (TPSA) is 145 Å². The average Bonchev–Trinajstić information content (AvgIpc) is 3.49. The minimum atomic E-state index is -3.92. The van der Waals surface area contributed by atoms with Gasteiger partial charge >= 0.3 is 0 Å². The number of benzene rings is 2. The number of nitrogen functional groups attached to an aromatic ring is 1. The largest absolute Gasteiger partial charge is 0.492 e. The smallest absolute Gasteiger partial charge is 0.232 e. The molecule has 234 valence electrons. The third-order valence-corrected chi connectivity index (χ3v) is 7.78. The van der Waals surface area contributed by atoms with Gasteiger partial charge in [0, 0.05) is 47.5 Å². The second-order valence-corrected chi connectivity index (χ2v) is 11.5. The van der Waals surface area contributed by atoms with Gasteiger partial charge in [-0.1, -0.05) is 19.1 Å². The van der Waals surface area contributed by atoms with Crippen LogP contribution in [0.25, 0.3) is 44.5 Å². The molecule has 5 rings (SSSR count). The van der Waals surface area contributed by atoms with E-state index in [1.165, 1.54) is 18.2 Å². The molecule has 2 aromatic carbocycles. The number of nitrogens with two attached hydrogens (primary N) is 1. The van der Waals surface area contributed by atoms with E-state index in [1.54, 1.807) is 31.5 Å². The van der Waals surface area contributed by atoms with Gasteiger partial charge in [-0.3, -0.25) is 9.11 Å². The summed E-state index contributed by atoms with van der Waals surface area (Å²) in [4.78, 5) is 16.6. The van der Waals surface area contributed by atoms with E-state index in [4.69, 9.17) is 15.2 Å². The number of nitrogens with one attached hydrogen (secondary N) is 2. The predicted molar refractivity (Wildman–Crippen MR) is 170 cm³/mol. The van der Waals surface area contributed by atoms with Crippen molar-refractivity contribution in [1.82, 2.24) is 19.9 Å². The molecule has 3 heterocycles. The third kappa shape index (κ3) is 7.77. The molecule has 0 aliphatic rings. The number of hydrogen-bond donors (Lipinski definition) is 3. The Morgan fingerprint density at radius 2 is 1.86 bits per heavy atom. The van der Waals surface area contributed by atoms with Crippen molar-refractivity contribution in [3.8, 4) is 28.3 Å². The highest BCUT2D eigenvalue weighted by Gasteiger charge is 2.19. The Morgan fingerprint density at radius 1 is 1.05 bits per heavy atom. The van der Waals surface area contributed by atoms with E-state index in [2.05, 4.69) is 31.6 Å². The van der Waals surface area contributed by atoms with Crippen LogP contribution in [0.2, 0.25) is 0 Å². The van der Waals surface area contributed by atoms with Crippen molar-refractivity contribution in [1.29, 1.82) is 0 Å². The first-order chi connectivity index (χ1) is 21.2. The standard InChI is InChI=1S/C26H24F2N6O3S.C5H12O/c1-2-37-21-13-16(18-5-3-6-20(22(18)28)34-38(35,36)10-4-8-27)12-19-23(21)32-26(33-24(19)29)17-11-15-7-9-30-25(15)31-14-17;1-3-5-6-4-2/h3,5-7,9,11-14,34H,2,4,8,10H2,1H3,(H,30,31)(H2,29,32,33);3-5H2,1-2H3. The lowest BCUT2D eigenvalue weighted by molar-refractivity contribution is 0.148. The summed E-state index contributed by atoms with van der Waals surface area (Å²) in [6, 6.07) is 11.4. The number of anilines is 2. The van der Waals surface area contributed by atoms with E-state index in [1.807, 2.05) is 19.1 Å². The number of fused-ring (bicyclic) bond motifs is 2. The van der Waals surface area contributed by atoms with Gasteiger partial charge in [0.05, 0.1) is 24.7 Å². The van der Waals surface area contributed by atoms with Crippen molar-refractivity contribution in [3.05, 3.63) is 60.7 Å². The molecule has 13 heteroatoms. The van der Waals surface area contributed by atoms with Crippen molar-refractivity contribution in [3.63, 3.8) is 0 Å². The maximum atomic E-state index is 15.5. The summed E-state index contributed by atoms with van der Waals surface area (Å²) < 4.78 is 65.4. The SMILES string of the molecule is CCCOCC.CCOc1cc(-c2cccc(NS(=O)(=O)CCCF)c2F)cc2c(N)nc(-c3cnc4[nH]ccc4c3)nc12. The minimum Gasteiger partial charge on any atom is -0.492 e. The van der Waals surface area contributed by atoms with Gasteiger partial charge in [0.25, 0.3) is 0 Å². The highest BCUT2D eigenvalue weighted by atomic mass is 32.2. The first-order valence-corrected chi connectivity index (χ1v) is 16.0. The number of hydrogen-bond acceptors (Lipinski definition) is 8. The number of rotatable bonds is 12. The fourth-order valence-electron chi connectivity index (χ4n) is 4.42. The molecule has 0 fully saturated rings. The number of aromatic amines is 1. The first kappa shape index (κ1) is 32.6. The first-order valence-electron chi connectivity index (χ1n) is 14.3. The molecular weight excluding hydrogens is 590 g/mol. The van der Waals surface area contributed by atoms with Crippen LogP contribution >= 0.6 is 0 Å². The number of halogens is 2. The van der Waals surface area contributed by atoms with Crippen LogP contribution in [-0.2, 0) is 14.8 Å². The molecule has 0 aliphatic carbocycles. The zero-order valence-electron chi connectivity index (χ0n) is 24.9. The van der Waals surface area contributed by atoms with Crippen molar-refractivity contribution < 1.29 is 26.7 Å². The van der Waals surface area contributed by atoms with Crippen LogP contribution in [0.4, 0.5) is 20.3 Å². The van der Waals surface area contributed by atoms with Gasteiger partial charge in [-0.25, -0.2) is 27.8 Å². The Kier molecular flexibility index (Phi) is 11.0. The molecule has 10 nitrogen and oxygen atoms in total. The van der Waals surface area contributed by atoms with Crippen molar-refractivity contribution in [2.75, 3.05) is 42.7 Å². The van der Waals surface area contributed by atoms with Crippen LogP contribution in [0.15, 0.2) is 54.9 Å². The van der Waals surface area contributed by atoms with Crippen molar-refractivity contribution >= 4 is 43.5 Å². The van der Waals surface area contributed by atoms with E-state index in [9.17, 15) is 12.8 Å². The lowest BCUT2D eigenvalue weighted by atomic mass is 10.0. The number of sulfonamides is 1. The summed E-state index contributed by atoms with van der Waals surface area (Å²) in [5.41, 5.74) is 8.45. The molecule has 0 aliphatic heterocycles. The Bertz CT molecular complexity index is 1830. The van der Waals surface area contributed by atoms with E-state index >= 15 is 4.39 Å². The normalized spacial score (nSPS) is 11.4. The van der Waals surface area contributed by atoms with Gasteiger partial charge in [0.2, 0.25) is 10.0 Å². The lowest BCUT2D eigenvalue weighted by Crippen LogP contribution is -2.18. The number of pyridine rings is 1. The number of alkyl halides is 1. The quantitative estimate of drug-likeness (QED) is 0.133. The average molecular weight is 627 g/mol. The molecule has 0 atom stereocenters. The highest BCUT2D eigenvalue weighted by Crippen LogP contribution is 2.37. The molecule has 0 radical (unpaired) electrons. The Labute approximate surface area is 255 Å². The van der Waals surface area contributed by atoms with Gasteiger partial charge < -0.3 is 20.2 Å². The summed E-state index contributed by atoms with van der Waals surface area (Å²) in [6.45, 7) is 7.21. The van der Waals surface area contributed by atoms with Gasteiger partial charge in [-0.15, -0.1) is 0 Å². The second-order valence-electron chi connectivity index (χ2n) is 9.70. The zero-order chi connectivity index (χ0) is 31.7. The lowest BCUT2D eigenvalue weighted by Gasteiger charge is -2.15. The predicted octanol–water partition coefficient (Wildman–Crippen LogP) is 6.49. The third-order valence-electron chi connectivity index (χ3n) is 6.43. The van der Waals surface area contributed by atoms with Crippen LogP contribution in [-0.4, -0.2) is 60.6 Å². The molecular formula is C31H36F2N6O4S. The zero-order valence-corrected chi connectivity index (χ0v) is 25.7. The van der Waals surface area contributed by atoms with Crippen LogP contribution in [0.5, 0.6) is 5.75 Å². The Balaban J connectivity index is 0.000000670. The van der Waals surface area contributed by atoms with Gasteiger partial charge in [-0.2, -0.15) is 0 Å². The monoisotopic (exact) mass is 626 g/mol. The van der Waals surface area contributed by atoms with E-state index in [-0.39, 0.29) is 23.5 Å². The molecule has 3 aromatic heterocycles. The molecule has 0 saturated heterocycles. The summed E-state index contributed by atoms with van der Waals surface area (Å²) in [6.07, 6.45) is 4.38. The fourth-order valence-corrected chi connectivity index (χ4v) is 5.51. The van der Waals surface area contributed by atoms with Crippen molar-refractivity contribution in [2.45, 2.75) is 33.6 Å². The van der Waals surface area contributed by atoms with Gasteiger partial charge in [0.15, 0.2) is 11.6 Å². The summed E-state index contributed by atoms with van der Waals surface area (Å²) in [7, 11) is -3.92. The molecule has 0 bridgehead atoms. The minimum absolute atomic E-state index is 0.115. The van der Waals surface area contributed by atoms with Gasteiger partial charge in [0.1, 0.15) is 22.7 Å². The second kappa shape index (κ2) is 14.9. The summed E-state index contributed by atoms with van der Waals surface area (Å²) >= 11 is 0. The Morgan fingerprint density at radius 3 is 2.57 bits per heavy atom. The Hall–Kier alpha value is -4.36. The van der Waals surface area contributed by atoms with Crippen molar-refractivity contribution in [2.24, 2.45) is 0 Å². The fraction of sp³-hybridized carbons (Fsp3) is 0.323. The van der Waals surface area contributed by atoms with E-state index in [0.29, 0.717) is 40.2 Å². The highest BCUT2D eigenvalue weighted by molar-refractivity contribution is 7.92. The molecule has 0 spiro atoms. The number of H-pyrrole nitrogens is 1. The van der Waals surface area contributed by atoms with Gasteiger partial charge in [-0.05, 0) is 62.6 Å². The molecule has 4 N–H and O–H groups in total. The van der Waals surface area contributed by atoms with Crippen LogP contribution in [0, 0.1) is 5.82 Å². The van der Waals surface area contributed by atoms with E-state index in [0.717, 1.165) is 30.7 Å². The summed E-state index contributed by atoms with van der Waals surface area (Å²) in [5.74, 6) is -0.375. The molecule has 5 aromatic rings. The summed E-state index contributed by atoms with van der Waals surface area (Å²) in [5, 5.41) is 1.33. The van der Waals surface area contributed by atoms with E-state index < -0.39 is 28.3 Å². The van der Waals surface area contributed by atoms with Crippen LogP contribution in [0.3, 0.4) is 0 Å². The van der Waals surface area contributed by atoms with Crippen LogP contribution < -0.4 is 15.2 Å². The maximum Gasteiger partial charge on any atom is 0.232 e.